The van der Waals surface area contributed by atoms with E-state index in [4.69, 9.17) is 16.6 Å². The van der Waals surface area contributed by atoms with Crippen molar-refractivity contribution < 1.29 is 35.4 Å². The van der Waals surface area contributed by atoms with Gasteiger partial charge in [0.25, 0.3) is 0 Å². The Balaban J connectivity index is 0.00000714. The molecule has 2 saturated carbocycles. The van der Waals surface area contributed by atoms with Gasteiger partial charge in [-0.15, -0.1) is 53.3 Å². The summed E-state index contributed by atoms with van der Waals surface area (Å²) < 4.78 is 72.8. The van der Waals surface area contributed by atoms with Crippen LogP contribution in [-0.4, -0.2) is 22.2 Å². The number of hydrogen-bond donors (Lipinski definition) is 0. The molecule has 408 valence electrons. The van der Waals surface area contributed by atoms with Crippen LogP contribution in [0.15, 0.2) is 200 Å². The van der Waals surface area contributed by atoms with Crippen LogP contribution >= 0.6 is 0 Å². The van der Waals surface area contributed by atoms with Crippen molar-refractivity contribution in [2.45, 2.75) is 102 Å². The summed E-state index contributed by atoms with van der Waals surface area (Å²) in [6, 6.07) is 67.2. The summed E-state index contributed by atoms with van der Waals surface area (Å²) in [5, 5.41) is 5.23. The SMILES string of the molecule is [2H]c1c([2H])c([2H])c2c(c1[2H])c1ccc(Oc3[c-]c(N4[CH-]N(c5c(C6CCCCC6)cc(C(C)(C)C)cc5C5CCCCC5)c5ccccc54)cc([Si](c4ccccc4)(c4ccccc4)c4ccccc4)c3)[c-]c1n2-c1nc2ccccc2n1C([2H])([2H])[2H].[Pt]. The van der Waals surface area contributed by atoms with Gasteiger partial charge >= 0.3 is 0 Å². The molecule has 0 saturated heterocycles. The van der Waals surface area contributed by atoms with Gasteiger partial charge < -0.3 is 23.7 Å². The van der Waals surface area contributed by atoms with Crippen LogP contribution < -0.4 is 35.3 Å². The zero-order valence-corrected chi connectivity index (χ0v) is 49.3. The summed E-state index contributed by atoms with van der Waals surface area (Å²) in [5.74, 6) is 1.48. The van der Waals surface area contributed by atoms with Crippen LogP contribution in [0.1, 0.15) is 123 Å². The predicted octanol–water partition coefficient (Wildman–Crippen LogP) is 16.2. The van der Waals surface area contributed by atoms with E-state index in [-0.39, 0.29) is 66.7 Å². The first-order chi connectivity index (χ1) is 42.1. The number of rotatable bonds is 11. The maximum atomic E-state index is 9.38. The molecule has 0 unspecified atom stereocenters. The number of aryl methyl sites for hydroxylation is 1. The molecule has 3 heterocycles. The third-order valence-electron chi connectivity index (χ3n) is 17.4. The molecule has 2 fully saturated rings. The van der Waals surface area contributed by atoms with Gasteiger partial charge in [-0.2, -0.15) is 6.07 Å². The smallest absolute Gasteiger partial charge is 0.213 e. The topological polar surface area (TPSA) is 38.5 Å². The molecule has 8 heteroatoms. The minimum Gasteiger partial charge on any atom is -0.509 e. The van der Waals surface area contributed by atoms with E-state index in [0.29, 0.717) is 34.0 Å². The number of ether oxygens (including phenoxy) is 1. The summed E-state index contributed by atoms with van der Waals surface area (Å²) in [5.41, 5.74) is 9.55. The molecule has 0 N–H and O–H groups in total. The van der Waals surface area contributed by atoms with Crippen molar-refractivity contribution in [2.75, 3.05) is 9.80 Å². The van der Waals surface area contributed by atoms with Crippen molar-refractivity contribution in [3.8, 4) is 17.4 Å². The minimum absolute atomic E-state index is 0. The van der Waals surface area contributed by atoms with Gasteiger partial charge in [-0.25, -0.2) is 4.98 Å². The van der Waals surface area contributed by atoms with Crippen LogP contribution in [0.25, 0.3) is 38.8 Å². The first kappa shape index (κ1) is 45.2. The molecule has 2 aliphatic carbocycles. The molecule has 0 bridgehead atoms. The van der Waals surface area contributed by atoms with E-state index in [0.717, 1.165) is 26.8 Å². The number of para-hydroxylation sites is 5. The molecule has 0 radical (unpaired) electrons. The summed E-state index contributed by atoms with van der Waals surface area (Å²) in [6.45, 7) is 6.64. The van der Waals surface area contributed by atoms with E-state index in [1.165, 1.54) is 107 Å². The normalized spacial score (nSPS) is 16.8. The van der Waals surface area contributed by atoms with E-state index in [9.17, 15) is 2.74 Å². The number of fused-ring (bicyclic) bond motifs is 5. The maximum absolute atomic E-state index is 9.38. The molecular weight excluding hydrogens is 1190 g/mol. The van der Waals surface area contributed by atoms with Gasteiger partial charge in [0, 0.05) is 66.2 Å². The summed E-state index contributed by atoms with van der Waals surface area (Å²) >= 11 is 0. The monoisotopic (exact) mass is 1260 g/mol. The average Bonchev–Trinajstić information content (AvgIpc) is 1.61. The van der Waals surface area contributed by atoms with Crippen LogP contribution in [-0.2, 0) is 33.5 Å². The van der Waals surface area contributed by atoms with E-state index < -0.39 is 27.1 Å². The maximum Gasteiger partial charge on any atom is 0.213 e. The quantitative estimate of drug-likeness (QED) is 0.0735. The predicted molar refractivity (Wildman–Crippen MR) is 335 cm³/mol. The average molecular weight is 1260 g/mol. The zero-order valence-electron chi connectivity index (χ0n) is 53.0. The van der Waals surface area contributed by atoms with Gasteiger partial charge in [0.2, 0.25) is 5.95 Å². The van der Waals surface area contributed by atoms with Gasteiger partial charge in [-0.1, -0.05) is 210 Å². The Hall–Kier alpha value is -7.44. The van der Waals surface area contributed by atoms with Crippen molar-refractivity contribution in [2.24, 2.45) is 6.98 Å². The van der Waals surface area contributed by atoms with Gasteiger partial charge in [0.05, 0.1) is 16.5 Å². The van der Waals surface area contributed by atoms with E-state index >= 15 is 0 Å². The van der Waals surface area contributed by atoms with Crippen LogP contribution in [0.3, 0.4) is 0 Å². The Morgan fingerprint density at radius 1 is 0.580 bits per heavy atom. The number of aromatic nitrogens is 3. The Morgan fingerprint density at radius 2 is 1.15 bits per heavy atom. The third-order valence-corrected chi connectivity index (χ3v) is 22.1. The largest absolute Gasteiger partial charge is 0.509 e. The molecule has 6 nitrogen and oxygen atoms in total. The summed E-state index contributed by atoms with van der Waals surface area (Å²) in [7, 11) is -3.28. The molecule has 81 heavy (non-hydrogen) atoms. The van der Waals surface area contributed by atoms with Crippen LogP contribution in [0.2, 0.25) is 0 Å². The number of benzene rings is 9. The molecule has 14 rings (SSSR count). The fraction of sp³-hybridized carbons (Fsp3) is 0.233. The van der Waals surface area contributed by atoms with Crippen LogP contribution in [0.4, 0.5) is 22.7 Å². The Bertz CT molecular complexity index is 4280. The summed E-state index contributed by atoms with van der Waals surface area (Å²) in [4.78, 5) is 9.70. The first-order valence-electron chi connectivity index (χ1n) is 32.2. The van der Waals surface area contributed by atoms with E-state index in [1.807, 2.05) is 0 Å². The molecule has 1 aliphatic heterocycles. The molecular formula is C73H68N5OPtSi-3. The molecule has 2 aromatic heterocycles. The van der Waals surface area contributed by atoms with Gasteiger partial charge in [-0.3, -0.25) is 0 Å². The van der Waals surface area contributed by atoms with Crippen molar-refractivity contribution in [1.29, 1.82) is 0 Å². The minimum atomic E-state index is -3.28. The molecule has 3 aliphatic rings. The fourth-order valence-corrected chi connectivity index (χ4v) is 18.3. The van der Waals surface area contributed by atoms with E-state index in [1.54, 1.807) is 36.4 Å². The second-order valence-corrected chi connectivity index (χ2v) is 27.0. The zero-order chi connectivity index (χ0) is 59.9. The van der Waals surface area contributed by atoms with Crippen molar-refractivity contribution in [1.82, 2.24) is 14.1 Å². The third kappa shape index (κ3) is 9.35. The number of imidazole rings is 1. The van der Waals surface area contributed by atoms with Crippen LogP contribution in [0, 0.1) is 18.8 Å². The second-order valence-electron chi connectivity index (χ2n) is 23.2. The van der Waals surface area contributed by atoms with Crippen molar-refractivity contribution in [3.63, 3.8) is 0 Å². The Morgan fingerprint density at radius 3 is 1.75 bits per heavy atom. The number of hydrogen-bond acceptors (Lipinski definition) is 4. The number of nitrogens with zero attached hydrogens (tertiary/aromatic N) is 5. The Labute approximate surface area is 503 Å². The van der Waals surface area contributed by atoms with Crippen molar-refractivity contribution >= 4 is 84.4 Å². The first-order valence-corrected chi connectivity index (χ1v) is 30.7. The molecule has 9 aromatic carbocycles. The van der Waals surface area contributed by atoms with Gasteiger partial charge in [-0.05, 0) is 111 Å². The van der Waals surface area contributed by atoms with E-state index in [2.05, 4.69) is 189 Å². The number of anilines is 4. The fourth-order valence-electron chi connectivity index (χ4n) is 13.5. The van der Waals surface area contributed by atoms with Crippen LogP contribution in [0.5, 0.6) is 11.5 Å². The second kappa shape index (κ2) is 21.8. The molecule has 0 amide bonds. The van der Waals surface area contributed by atoms with Crippen molar-refractivity contribution in [3.05, 3.63) is 236 Å². The standard InChI is InChI=1S/C73H68N5OSi.Pt/c1-73(2,3)53-44-63(51-26-10-5-11-27-51)71(64(45-53)52-28-12-6-13-29-52)77-50-76(68-40-24-25-41-69(68)77)54-46-56(48-60(47-54)80(57-30-14-7-15-31-57,58-32-16-8-17-33-58)59-34-18-9-19-35-59)79-55-42-43-62-61-36-20-22-38-66(61)78(70(62)49-55)72-74-65-37-21-23-39-67(65)75(72)4;/h7-9,14-25,30-45,47-48,50-52H,5-6,10-13,26-29H2,1-4H3;/q-3;/i4D3,20D,22D,36D,38D;. The molecule has 11 aromatic rings. The molecule has 0 spiro atoms. The Kier molecular flexibility index (Phi) is 12.2. The molecule has 0 atom stereocenters. The van der Waals surface area contributed by atoms with Gasteiger partial charge in [0.15, 0.2) is 8.07 Å². The summed E-state index contributed by atoms with van der Waals surface area (Å²) in [6.07, 6.45) is 12.1. The van der Waals surface area contributed by atoms with Gasteiger partial charge in [0.1, 0.15) is 0 Å².